The number of oxazole rings is 1. The second-order valence-corrected chi connectivity index (χ2v) is 4.28. The molecule has 0 unspecified atom stereocenters. The van der Waals surface area contributed by atoms with Crippen LogP contribution in [0, 0.1) is 18.3 Å². The van der Waals surface area contributed by atoms with Gasteiger partial charge in [0.25, 0.3) is 0 Å². The Labute approximate surface area is 102 Å². The molecule has 0 atom stereocenters. The van der Waals surface area contributed by atoms with Crippen LogP contribution in [0.2, 0.25) is 0 Å². The Kier molecular flexibility index (Phi) is 3.07. The van der Waals surface area contributed by atoms with Gasteiger partial charge < -0.3 is 4.42 Å². The molecule has 0 bridgehead atoms. The molecule has 0 saturated carbocycles. The Balaban J connectivity index is 2.42. The third kappa shape index (κ3) is 2.15. The molecular weight excluding hydrogens is 268 g/mol. The second kappa shape index (κ2) is 4.50. The van der Waals surface area contributed by atoms with Gasteiger partial charge >= 0.3 is 0 Å². The number of nitrogens with zero attached hydrogens (tertiary/aromatic N) is 2. The van der Waals surface area contributed by atoms with Crippen molar-refractivity contribution in [3.63, 3.8) is 0 Å². The highest BCUT2D eigenvalue weighted by Crippen LogP contribution is 2.24. The molecule has 0 aliphatic rings. The van der Waals surface area contributed by atoms with Crippen LogP contribution in [-0.2, 0) is 6.42 Å². The van der Waals surface area contributed by atoms with E-state index in [1.807, 2.05) is 31.2 Å². The lowest BCUT2D eigenvalue weighted by Gasteiger charge is -1.95. The van der Waals surface area contributed by atoms with Crippen LogP contribution in [0.15, 0.2) is 33.2 Å². The number of aryl methyl sites for hydroxylation is 1. The van der Waals surface area contributed by atoms with Crippen molar-refractivity contribution in [2.24, 2.45) is 0 Å². The number of halogens is 1. The van der Waals surface area contributed by atoms with Crippen molar-refractivity contribution in [2.75, 3.05) is 0 Å². The summed E-state index contributed by atoms with van der Waals surface area (Å²) in [6.45, 7) is 1.82. The first-order valence-corrected chi connectivity index (χ1v) is 5.59. The lowest BCUT2D eigenvalue weighted by Crippen LogP contribution is -1.84. The maximum absolute atomic E-state index is 8.63. The summed E-state index contributed by atoms with van der Waals surface area (Å²) in [7, 11) is 0. The highest BCUT2D eigenvalue weighted by atomic mass is 79.9. The molecule has 0 spiro atoms. The average Bonchev–Trinajstić information content (AvgIpc) is 2.61. The van der Waals surface area contributed by atoms with Crippen molar-refractivity contribution in [1.29, 1.82) is 5.26 Å². The first kappa shape index (κ1) is 10.9. The first-order valence-electron chi connectivity index (χ1n) is 4.80. The summed E-state index contributed by atoms with van der Waals surface area (Å²) in [5, 5.41) is 8.63. The van der Waals surface area contributed by atoms with E-state index in [1.54, 1.807) is 0 Å². The van der Waals surface area contributed by atoms with Crippen LogP contribution in [0.3, 0.4) is 0 Å². The Bertz CT molecular complexity index is 554. The standard InChI is InChI=1S/C12H9BrN2O/c1-8-11(5-6-14)15-12(16-8)9-3-2-4-10(13)7-9/h2-4,7H,5H2,1H3. The molecular formula is C12H9BrN2O. The smallest absolute Gasteiger partial charge is 0.226 e. The predicted octanol–water partition coefficient (Wildman–Crippen LogP) is 3.48. The lowest BCUT2D eigenvalue weighted by molar-refractivity contribution is 0.540. The number of benzene rings is 1. The third-order valence-corrected chi connectivity index (χ3v) is 2.70. The average molecular weight is 277 g/mol. The molecule has 1 aromatic heterocycles. The van der Waals surface area contributed by atoms with Gasteiger partial charge in [0.2, 0.25) is 5.89 Å². The number of nitriles is 1. The first-order chi connectivity index (χ1) is 7.70. The second-order valence-electron chi connectivity index (χ2n) is 3.37. The zero-order chi connectivity index (χ0) is 11.5. The van der Waals surface area contributed by atoms with Crippen LogP contribution in [0.4, 0.5) is 0 Å². The maximum atomic E-state index is 8.63. The van der Waals surface area contributed by atoms with Gasteiger partial charge in [0.15, 0.2) is 0 Å². The molecule has 0 amide bonds. The molecule has 0 aliphatic heterocycles. The number of hydrogen-bond acceptors (Lipinski definition) is 3. The van der Waals surface area contributed by atoms with E-state index in [0.717, 1.165) is 10.0 Å². The Morgan fingerprint density at radius 3 is 3.00 bits per heavy atom. The minimum atomic E-state index is 0.281. The van der Waals surface area contributed by atoms with E-state index in [4.69, 9.17) is 9.68 Å². The third-order valence-electron chi connectivity index (χ3n) is 2.21. The minimum Gasteiger partial charge on any atom is -0.441 e. The van der Waals surface area contributed by atoms with E-state index in [9.17, 15) is 0 Å². The van der Waals surface area contributed by atoms with Crippen molar-refractivity contribution >= 4 is 15.9 Å². The fourth-order valence-electron chi connectivity index (χ4n) is 1.41. The zero-order valence-electron chi connectivity index (χ0n) is 8.70. The Morgan fingerprint density at radius 2 is 2.31 bits per heavy atom. The summed E-state index contributed by atoms with van der Waals surface area (Å²) in [6, 6.07) is 9.78. The van der Waals surface area contributed by atoms with Crippen molar-refractivity contribution in [3.05, 3.63) is 40.2 Å². The maximum Gasteiger partial charge on any atom is 0.226 e. The van der Waals surface area contributed by atoms with E-state index >= 15 is 0 Å². The van der Waals surface area contributed by atoms with Gasteiger partial charge in [0.1, 0.15) is 5.76 Å². The summed E-state index contributed by atoms with van der Waals surface area (Å²) in [4.78, 5) is 4.30. The quantitative estimate of drug-likeness (QED) is 0.844. The van der Waals surface area contributed by atoms with Gasteiger partial charge in [-0.05, 0) is 25.1 Å². The van der Waals surface area contributed by atoms with Gasteiger partial charge in [-0.1, -0.05) is 22.0 Å². The van der Waals surface area contributed by atoms with E-state index in [0.29, 0.717) is 17.3 Å². The predicted molar refractivity (Wildman–Crippen MR) is 63.7 cm³/mol. The normalized spacial score (nSPS) is 10.1. The fourth-order valence-corrected chi connectivity index (χ4v) is 1.81. The molecule has 1 aromatic carbocycles. The van der Waals surface area contributed by atoms with Gasteiger partial charge in [-0.15, -0.1) is 0 Å². The number of aromatic nitrogens is 1. The van der Waals surface area contributed by atoms with E-state index in [-0.39, 0.29) is 6.42 Å². The number of rotatable bonds is 2. The van der Waals surface area contributed by atoms with E-state index in [1.165, 1.54) is 0 Å². The topological polar surface area (TPSA) is 49.8 Å². The molecule has 0 fully saturated rings. The summed E-state index contributed by atoms with van der Waals surface area (Å²) >= 11 is 3.39. The fraction of sp³-hybridized carbons (Fsp3) is 0.167. The SMILES string of the molecule is Cc1oc(-c2cccc(Br)c2)nc1CC#N. The van der Waals surface area contributed by atoms with Crippen LogP contribution in [0.5, 0.6) is 0 Å². The van der Waals surface area contributed by atoms with Crippen LogP contribution >= 0.6 is 15.9 Å². The molecule has 2 rings (SSSR count). The van der Waals surface area contributed by atoms with Gasteiger partial charge in [-0.25, -0.2) is 4.98 Å². The van der Waals surface area contributed by atoms with Gasteiger partial charge in [0, 0.05) is 10.0 Å². The van der Waals surface area contributed by atoms with Crippen molar-refractivity contribution < 1.29 is 4.42 Å². The number of hydrogen-bond donors (Lipinski definition) is 0. The zero-order valence-corrected chi connectivity index (χ0v) is 10.3. The van der Waals surface area contributed by atoms with Crippen LogP contribution < -0.4 is 0 Å². The highest BCUT2D eigenvalue weighted by molar-refractivity contribution is 9.10. The van der Waals surface area contributed by atoms with E-state index in [2.05, 4.69) is 27.0 Å². The minimum absolute atomic E-state index is 0.281. The molecule has 0 aliphatic carbocycles. The molecule has 0 saturated heterocycles. The monoisotopic (exact) mass is 276 g/mol. The van der Waals surface area contributed by atoms with Crippen LogP contribution in [-0.4, -0.2) is 4.98 Å². The molecule has 1 heterocycles. The van der Waals surface area contributed by atoms with Gasteiger partial charge in [0.05, 0.1) is 18.2 Å². The van der Waals surface area contributed by atoms with Gasteiger partial charge in [-0.3, -0.25) is 0 Å². The van der Waals surface area contributed by atoms with E-state index < -0.39 is 0 Å². The summed E-state index contributed by atoms with van der Waals surface area (Å²) < 4.78 is 6.50. The summed E-state index contributed by atoms with van der Waals surface area (Å²) in [5.41, 5.74) is 1.61. The summed E-state index contributed by atoms with van der Waals surface area (Å²) in [5.74, 6) is 1.26. The molecule has 0 N–H and O–H groups in total. The summed E-state index contributed by atoms with van der Waals surface area (Å²) in [6.07, 6.45) is 0.281. The molecule has 2 aromatic rings. The Morgan fingerprint density at radius 1 is 1.50 bits per heavy atom. The molecule has 16 heavy (non-hydrogen) atoms. The molecule has 0 radical (unpaired) electrons. The van der Waals surface area contributed by atoms with Crippen molar-refractivity contribution in [1.82, 2.24) is 4.98 Å². The lowest BCUT2D eigenvalue weighted by atomic mass is 10.2. The van der Waals surface area contributed by atoms with Gasteiger partial charge in [-0.2, -0.15) is 5.26 Å². The van der Waals surface area contributed by atoms with Crippen molar-refractivity contribution in [2.45, 2.75) is 13.3 Å². The molecule has 3 nitrogen and oxygen atoms in total. The van der Waals surface area contributed by atoms with Crippen molar-refractivity contribution in [3.8, 4) is 17.5 Å². The Hall–Kier alpha value is -1.60. The molecule has 80 valence electrons. The molecule has 4 heteroatoms. The highest BCUT2D eigenvalue weighted by Gasteiger charge is 2.10. The van der Waals surface area contributed by atoms with Crippen LogP contribution in [0.25, 0.3) is 11.5 Å². The van der Waals surface area contributed by atoms with Crippen LogP contribution in [0.1, 0.15) is 11.5 Å². The largest absolute Gasteiger partial charge is 0.441 e.